The van der Waals surface area contributed by atoms with Crippen LogP contribution in [0.5, 0.6) is 11.5 Å². The fourth-order valence-corrected chi connectivity index (χ4v) is 1.80. The van der Waals surface area contributed by atoms with Crippen molar-refractivity contribution in [2.45, 2.75) is 13.1 Å². The van der Waals surface area contributed by atoms with Crippen molar-refractivity contribution < 1.29 is 14.2 Å². The zero-order chi connectivity index (χ0) is 13.7. The smallest absolute Gasteiger partial charge is 0.160 e. The largest absolute Gasteiger partial charge is 0.504 e. The Bertz CT molecular complexity index is 540. The number of ether oxygens (including phenoxy) is 1. The van der Waals surface area contributed by atoms with Gasteiger partial charge in [-0.2, -0.15) is 0 Å². The van der Waals surface area contributed by atoms with E-state index in [9.17, 15) is 9.50 Å². The molecule has 0 bridgehead atoms. The van der Waals surface area contributed by atoms with Gasteiger partial charge >= 0.3 is 0 Å². The SMILES string of the molecule is COc1ccc(CNCc2ccc(F)cc2)cc1O. The molecule has 0 amide bonds. The van der Waals surface area contributed by atoms with E-state index in [1.165, 1.54) is 19.2 Å². The van der Waals surface area contributed by atoms with E-state index in [0.717, 1.165) is 11.1 Å². The normalized spacial score (nSPS) is 10.4. The second-order valence-corrected chi connectivity index (χ2v) is 4.24. The summed E-state index contributed by atoms with van der Waals surface area (Å²) in [5, 5.41) is 12.9. The summed E-state index contributed by atoms with van der Waals surface area (Å²) < 4.78 is 17.7. The van der Waals surface area contributed by atoms with Gasteiger partial charge in [0.1, 0.15) is 5.82 Å². The van der Waals surface area contributed by atoms with Crippen LogP contribution in [0.4, 0.5) is 4.39 Å². The van der Waals surface area contributed by atoms with E-state index in [0.29, 0.717) is 18.8 Å². The van der Waals surface area contributed by atoms with E-state index >= 15 is 0 Å². The van der Waals surface area contributed by atoms with Crippen molar-refractivity contribution in [3.05, 3.63) is 59.4 Å². The lowest BCUT2D eigenvalue weighted by Crippen LogP contribution is -2.12. The van der Waals surface area contributed by atoms with Crippen LogP contribution in [0.2, 0.25) is 0 Å². The summed E-state index contributed by atoms with van der Waals surface area (Å²) in [6, 6.07) is 11.6. The van der Waals surface area contributed by atoms with Crippen LogP contribution < -0.4 is 10.1 Å². The standard InChI is InChI=1S/C15H16FNO2/c1-19-15-7-4-12(8-14(15)18)10-17-9-11-2-5-13(16)6-3-11/h2-8,17-18H,9-10H2,1H3. The highest BCUT2D eigenvalue weighted by Crippen LogP contribution is 2.26. The number of hydrogen-bond acceptors (Lipinski definition) is 3. The van der Waals surface area contributed by atoms with E-state index in [1.54, 1.807) is 24.3 Å². The maximum absolute atomic E-state index is 12.7. The molecule has 2 aromatic carbocycles. The molecule has 0 aliphatic heterocycles. The molecule has 3 nitrogen and oxygen atoms in total. The highest BCUT2D eigenvalue weighted by Gasteiger charge is 2.02. The van der Waals surface area contributed by atoms with Crippen LogP contribution >= 0.6 is 0 Å². The minimum absolute atomic E-state index is 0.128. The fourth-order valence-electron chi connectivity index (χ4n) is 1.80. The summed E-state index contributed by atoms with van der Waals surface area (Å²) >= 11 is 0. The molecule has 2 rings (SSSR count). The predicted octanol–water partition coefficient (Wildman–Crippen LogP) is 2.83. The van der Waals surface area contributed by atoms with Crippen molar-refractivity contribution >= 4 is 0 Å². The summed E-state index contributed by atoms with van der Waals surface area (Å²) in [7, 11) is 1.52. The van der Waals surface area contributed by atoms with E-state index in [4.69, 9.17) is 4.74 Å². The lowest BCUT2D eigenvalue weighted by molar-refractivity contribution is 0.373. The first-order valence-corrected chi connectivity index (χ1v) is 6.00. The minimum atomic E-state index is -0.233. The zero-order valence-corrected chi connectivity index (χ0v) is 10.7. The Labute approximate surface area is 111 Å². The van der Waals surface area contributed by atoms with Crippen molar-refractivity contribution in [2.24, 2.45) is 0 Å². The molecule has 0 atom stereocenters. The summed E-state index contributed by atoms with van der Waals surface area (Å²) in [4.78, 5) is 0. The first kappa shape index (κ1) is 13.4. The minimum Gasteiger partial charge on any atom is -0.504 e. The van der Waals surface area contributed by atoms with Gasteiger partial charge in [0.2, 0.25) is 0 Å². The highest BCUT2D eigenvalue weighted by molar-refractivity contribution is 5.41. The molecular weight excluding hydrogens is 245 g/mol. The Morgan fingerprint density at radius 3 is 2.32 bits per heavy atom. The van der Waals surface area contributed by atoms with Gasteiger partial charge in [-0.05, 0) is 35.4 Å². The van der Waals surface area contributed by atoms with Gasteiger partial charge in [-0.1, -0.05) is 18.2 Å². The van der Waals surface area contributed by atoms with Crippen molar-refractivity contribution in [2.75, 3.05) is 7.11 Å². The van der Waals surface area contributed by atoms with E-state index in [-0.39, 0.29) is 11.6 Å². The van der Waals surface area contributed by atoms with Gasteiger partial charge in [0.15, 0.2) is 11.5 Å². The molecule has 100 valence electrons. The summed E-state index contributed by atoms with van der Waals surface area (Å²) in [5.41, 5.74) is 1.97. The van der Waals surface area contributed by atoms with Crippen LogP contribution in [-0.4, -0.2) is 12.2 Å². The number of halogens is 1. The number of rotatable bonds is 5. The van der Waals surface area contributed by atoms with E-state index in [2.05, 4.69) is 5.32 Å². The summed E-state index contributed by atoms with van der Waals surface area (Å²) in [6.45, 7) is 1.27. The fraction of sp³-hybridized carbons (Fsp3) is 0.200. The molecule has 0 saturated heterocycles. The van der Waals surface area contributed by atoms with Crippen LogP contribution in [0, 0.1) is 5.82 Å². The molecule has 0 saturated carbocycles. The monoisotopic (exact) mass is 261 g/mol. The molecule has 0 heterocycles. The van der Waals surface area contributed by atoms with Gasteiger partial charge in [-0.15, -0.1) is 0 Å². The Balaban J connectivity index is 1.88. The van der Waals surface area contributed by atoms with Gasteiger partial charge in [0.05, 0.1) is 7.11 Å². The molecule has 19 heavy (non-hydrogen) atoms. The summed E-state index contributed by atoms with van der Waals surface area (Å²) in [6.07, 6.45) is 0. The maximum Gasteiger partial charge on any atom is 0.160 e. The third-order valence-electron chi connectivity index (χ3n) is 2.81. The van der Waals surface area contributed by atoms with Crippen molar-refractivity contribution in [3.63, 3.8) is 0 Å². The average Bonchev–Trinajstić information content (AvgIpc) is 2.41. The average molecular weight is 261 g/mol. The molecule has 4 heteroatoms. The van der Waals surface area contributed by atoms with Crippen LogP contribution in [0.25, 0.3) is 0 Å². The molecule has 0 radical (unpaired) electrons. The molecule has 0 aliphatic carbocycles. The second-order valence-electron chi connectivity index (χ2n) is 4.24. The molecule has 0 aliphatic rings. The molecule has 0 fully saturated rings. The van der Waals surface area contributed by atoms with Gasteiger partial charge in [-0.25, -0.2) is 4.39 Å². The number of phenolic OH excluding ortho intramolecular Hbond substituents is 1. The van der Waals surface area contributed by atoms with Crippen molar-refractivity contribution in [1.29, 1.82) is 0 Å². The number of benzene rings is 2. The van der Waals surface area contributed by atoms with Crippen LogP contribution in [0.3, 0.4) is 0 Å². The molecule has 0 unspecified atom stereocenters. The summed E-state index contributed by atoms with van der Waals surface area (Å²) in [5.74, 6) is 0.356. The first-order valence-electron chi connectivity index (χ1n) is 6.00. The maximum atomic E-state index is 12.7. The van der Waals surface area contributed by atoms with Gasteiger partial charge in [0, 0.05) is 13.1 Å². The Kier molecular flexibility index (Phi) is 4.36. The van der Waals surface area contributed by atoms with Gasteiger partial charge in [-0.3, -0.25) is 0 Å². The molecule has 2 aromatic rings. The number of methoxy groups -OCH3 is 1. The lowest BCUT2D eigenvalue weighted by Gasteiger charge is -2.08. The van der Waals surface area contributed by atoms with Gasteiger partial charge < -0.3 is 15.2 Å². The third-order valence-corrected chi connectivity index (χ3v) is 2.81. The first-order chi connectivity index (χ1) is 9.19. The van der Waals surface area contributed by atoms with Crippen LogP contribution in [0.1, 0.15) is 11.1 Å². The van der Waals surface area contributed by atoms with E-state index in [1.807, 2.05) is 6.07 Å². The highest BCUT2D eigenvalue weighted by atomic mass is 19.1. The Hall–Kier alpha value is -2.07. The van der Waals surface area contributed by atoms with E-state index < -0.39 is 0 Å². The second kappa shape index (κ2) is 6.20. The van der Waals surface area contributed by atoms with Crippen molar-refractivity contribution in [3.8, 4) is 11.5 Å². The number of aromatic hydroxyl groups is 1. The molecular formula is C15H16FNO2. The quantitative estimate of drug-likeness (QED) is 0.869. The van der Waals surface area contributed by atoms with Crippen LogP contribution in [-0.2, 0) is 13.1 Å². The number of nitrogens with one attached hydrogen (secondary N) is 1. The zero-order valence-electron chi connectivity index (χ0n) is 10.7. The Morgan fingerprint density at radius 1 is 1.05 bits per heavy atom. The molecule has 2 N–H and O–H groups in total. The molecule has 0 spiro atoms. The number of hydrogen-bond donors (Lipinski definition) is 2. The molecule has 0 aromatic heterocycles. The third kappa shape index (κ3) is 3.69. The van der Waals surface area contributed by atoms with Crippen molar-refractivity contribution in [1.82, 2.24) is 5.32 Å². The number of phenols is 1. The van der Waals surface area contributed by atoms with Crippen LogP contribution in [0.15, 0.2) is 42.5 Å². The topological polar surface area (TPSA) is 41.5 Å². The lowest BCUT2D eigenvalue weighted by atomic mass is 10.2. The Morgan fingerprint density at radius 2 is 1.68 bits per heavy atom. The predicted molar refractivity (Wildman–Crippen MR) is 71.6 cm³/mol. The van der Waals surface area contributed by atoms with Gasteiger partial charge in [0.25, 0.3) is 0 Å².